The summed E-state index contributed by atoms with van der Waals surface area (Å²) in [6, 6.07) is 5.28. The molecular formula is C17H26N2. The van der Waals surface area contributed by atoms with Gasteiger partial charge in [-0.25, -0.2) is 0 Å². The summed E-state index contributed by atoms with van der Waals surface area (Å²) in [5, 5.41) is 3.93. The Morgan fingerprint density at radius 1 is 1.26 bits per heavy atom. The Morgan fingerprint density at radius 2 is 1.95 bits per heavy atom. The van der Waals surface area contributed by atoms with Gasteiger partial charge in [0.15, 0.2) is 0 Å². The maximum Gasteiger partial charge on any atom is 0.0295 e. The molecule has 104 valence electrons. The van der Waals surface area contributed by atoms with Crippen LogP contribution in [0.4, 0.5) is 0 Å². The fourth-order valence-corrected chi connectivity index (χ4v) is 4.72. The third-order valence-electron chi connectivity index (χ3n) is 5.89. The van der Waals surface area contributed by atoms with Crippen molar-refractivity contribution in [3.8, 4) is 0 Å². The molecular weight excluding hydrogens is 232 g/mol. The Balaban J connectivity index is 1.80. The molecule has 2 aliphatic carbocycles. The van der Waals surface area contributed by atoms with E-state index in [1.807, 2.05) is 12.4 Å². The molecule has 0 saturated heterocycles. The first-order valence-corrected chi connectivity index (χ1v) is 7.59. The summed E-state index contributed by atoms with van der Waals surface area (Å²) in [7, 11) is 0. The van der Waals surface area contributed by atoms with Gasteiger partial charge in [0.2, 0.25) is 0 Å². The van der Waals surface area contributed by atoms with Gasteiger partial charge in [-0.1, -0.05) is 20.8 Å². The molecule has 2 saturated carbocycles. The molecule has 1 N–H and O–H groups in total. The molecule has 4 atom stereocenters. The van der Waals surface area contributed by atoms with E-state index in [-0.39, 0.29) is 0 Å². The number of pyridine rings is 1. The van der Waals surface area contributed by atoms with Crippen LogP contribution in [0.15, 0.2) is 24.5 Å². The number of hydrogen-bond donors (Lipinski definition) is 1. The predicted octanol–water partition coefficient (Wildman–Crippen LogP) is 3.95. The number of nitrogens with zero attached hydrogens (tertiary/aromatic N) is 1. The van der Waals surface area contributed by atoms with Crippen molar-refractivity contribution < 1.29 is 0 Å². The lowest BCUT2D eigenvalue weighted by atomic mass is 9.68. The molecule has 3 unspecified atom stereocenters. The van der Waals surface area contributed by atoms with E-state index in [0.29, 0.717) is 22.9 Å². The quantitative estimate of drug-likeness (QED) is 0.888. The number of aromatic nitrogens is 1. The van der Waals surface area contributed by atoms with Crippen LogP contribution in [-0.2, 0) is 0 Å². The van der Waals surface area contributed by atoms with Gasteiger partial charge in [0, 0.05) is 24.5 Å². The summed E-state index contributed by atoms with van der Waals surface area (Å²) in [5.74, 6) is 0.902. The van der Waals surface area contributed by atoms with Gasteiger partial charge in [-0.05, 0) is 60.6 Å². The average Bonchev–Trinajstić information content (AvgIpc) is 2.87. The van der Waals surface area contributed by atoms with Gasteiger partial charge in [-0.3, -0.25) is 4.98 Å². The lowest BCUT2D eigenvalue weighted by Gasteiger charge is -2.44. The van der Waals surface area contributed by atoms with Crippen LogP contribution in [0.3, 0.4) is 0 Å². The van der Waals surface area contributed by atoms with Crippen molar-refractivity contribution in [2.24, 2.45) is 16.7 Å². The molecule has 0 spiro atoms. The lowest BCUT2D eigenvalue weighted by Crippen LogP contribution is -2.50. The van der Waals surface area contributed by atoms with E-state index < -0.39 is 0 Å². The van der Waals surface area contributed by atoms with Crippen LogP contribution in [0.2, 0.25) is 0 Å². The lowest BCUT2D eigenvalue weighted by molar-refractivity contribution is 0.100. The van der Waals surface area contributed by atoms with E-state index in [2.05, 4.69) is 50.1 Å². The Bertz CT molecular complexity index is 449. The zero-order valence-electron chi connectivity index (χ0n) is 12.6. The molecule has 1 aromatic rings. The van der Waals surface area contributed by atoms with Crippen LogP contribution >= 0.6 is 0 Å². The highest BCUT2D eigenvalue weighted by molar-refractivity contribution is 5.18. The molecule has 0 radical (unpaired) electrons. The summed E-state index contributed by atoms with van der Waals surface area (Å²) in [4.78, 5) is 4.11. The molecule has 2 bridgehead atoms. The maximum absolute atomic E-state index is 4.11. The first-order valence-electron chi connectivity index (χ1n) is 7.59. The standard InChI is InChI=1S/C17H26N2/c1-12(13-6-9-18-10-7-13)19-15-16(2,3)14-5-8-17(15,4)11-14/h6-7,9-10,12,14-15,19H,5,8,11H2,1-4H3/t12-,14?,15?,17?/m0/s1. The highest BCUT2D eigenvalue weighted by atomic mass is 15.0. The molecule has 2 aliphatic rings. The fraction of sp³-hybridized carbons (Fsp3) is 0.706. The van der Waals surface area contributed by atoms with Gasteiger partial charge in [-0.15, -0.1) is 0 Å². The first-order chi connectivity index (χ1) is 8.93. The van der Waals surface area contributed by atoms with Crippen LogP contribution < -0.4 is 5.32 Å². The normalized spacial score (nSPS) is 37.5. The van der Waals surface area contributed by atoms with E-state index in [9.17, 15) is 0 Å². The fourth-order valence-electron chi connectivity index (χ4n) is 4.72. The highest BCUT2D eigenvalue weighted by Crippen LogP contribution is 2.62. The van der Waals surface area contributed by atoms with Gasteiger partial charge in [0.1, 0.15) is 0 Å². The molecule has 3 rings (SSSR count). The maximum atomic E-state index is 4.11. The molecule has 19 heavy (non-hydrogen) atoms. The summed E-state index contributed by atoms with van der Waals surface area (Å²) in [6.45, 7) is 9.68. The van der Waals surface area contributed by atoms with Gasteiger partial charge >= 0.3 is 0 Å². The molecule has 2 heteroatoms. The van der Waals surface area contributed by atoms with E-state index in [4.69, 9.17) is 0 Å². The van der Waals surface area contributed by atoms with Crippen molar-refractivity contribution >= 4 is 0 Å². The van der Waals surface area contributed by atoms with Crippen LogP contribution in [0.25, 0.3) is 0 Å². The van der Waals surface area contributed by atoms with E-state index in [0.717, 1.165) is 5.92 Å². The van der Waals surface area contributed by atoms with Crippen molar-refractivity contribution in [3.05, 3.63) is 30.1 Å². The minimum absolute atomic E-state index is 0.406. The Kier molecular flexibility index (Phi) is 2.97. The summed E-state index contributed by atoms with van der Waals surface area (Å²) in [5.41, 5.74) is 2.26. The molecule has 1 aromatic heterocycles. The minimum atomic E-state index is 0.406. The van der Waals surface area contributed by atoms with Crippen LogP contribution in [-0.4, -0.2) is 11.0 Å². The molecule has 0 amide bonds. The number of nitrogens with one attached hydrogen (secondary N) is 1. The van der Waals surface area contributed by atoms with Gasteiger partial charge in [-0.2, -0.15) is 0 Å². The van der Waals surface area contributed by atoms with Gasteiger partial charge in [0.05, 0.1) is 0 Å². The van der Waals surface area contributed by atoms with E-state index >= 15 is 0 Å². The zero-order chi connectivity index (χ0) is 13.7. The number of fused-ring (bicyclic) bond motifs is 2. The smallest absolute Gasteiger partial charge is 0.0295 e. The van der Waals surface area contributed by atoms with Gasteiger partial charge in [0.25, 0.3) is 0 Å². The molecule has 0 aromatic carbocycles. The predicted molar refractivity (Wildman–Crippen MR) is 78.8 cm³/mol. The summed E-state index contributed by atoms with van der Waals surface area (Å²) >= 11 is 0. The third-order valence-corrected chi connectivity index (χ3v) is 5.89. The van der Waals surface area contributed by atoms with Crippen LogP contribution in [0, 0.1) is 16.7 Å². The second-order valence-electron chi connectivity index (χ2n) is 7.52. The second-order valence-corrected chi connectivity index (χ2v) is 7.52. The number of rotatable bonds is 3. The summed E-state index contributed by atoms with van der Waals surface area (Å²) < 4.78 is 0. The molecule has 1 heterocycles. The SMILES string of the molecule is C[C@H](NC1C2(C)CCC(C2)C1(C)C)c1ccncc1. The topological polar surface area (TPSA) is 24.9 Å². The van der Waals surface area contributed by atoms with Gasteiger partial charge < -0.3 is 5.32 Å². The molecule has 2 fully saturated rings. The Labute approximate surface area is 117 Å². The Hall–Kier alpha value is -0.890. The Morgan fingerprint density at radius 3 is 2.53 bits per heavy atom. The largest absolute Gasteiger partial charge is 0.306 e. The van der Waals surface area contributed by atoms with Crippen molar-refractivity contribution in [1.29, 1.82) is 0 Å². The van der Waals surface area contributed by atoms with Crippen molar-refractivity contribution in [3.63, 3.8) is 0 Å². The summed E-state index contributed by atoms with van der Waals surface area (Å²) in [6.07, 6.45) is 8.00. The monoisotopic (exact) mass is 258 g/mol. The van der Waals surface area contributed by atoms with Crippen LogP contribution in [0.1, 0.15) is 58.6 Å². The molecule has 0 aliphatic heterocycles. The molecule has 2 nitrogen and oxygen atoms in total. The van der Waals surface area contributed by atoms with E-state index in [1.54, 1.807) is 0 Å². The highest BCUT2D eigenvalue weighted by Gasteiger charge is 2.59. The zero-order valence-corrected chi connectivity index (χ0v) is 12.6. The van der Waals surface area contributed by atoms with E-state index in [1.165, 1.54) is 24.8 Å². The van der Waals surface area contributed by atoms with Crippen molar-refractivity contribution in [2.75, 3.05) is 0 Å². The van der Waals surface area contributed by atoms with Crippen molar-refractivity contribution in [1.82, 2.24) is 10.3 Å². The van der Waals surface area contributed by atoms with Crippen LogP contribution in [0.5, 0.6) is 0 Å². The first kappa shape index (κ1) is 13.1. The number of hydrogen-bond acceptors (Lipinski definition) is 2. The average molecular weight is 258 g/mol. The third kappa shape index (κ3) is 2.01. The van der Waals surface area contributed by atoms with Crippen molar-refractivity contribution in [2.45, 2.75) is 59.0 Å². The minimum Gasteiger partial charge on any atom is -0.306 e. The second kappa shape index (κ2) is 4.31.